The highest BCUT2D eigenvalue weighted by Crippen LogP contribution is 2.65. The molecule has 1 unspecified atom stereocenters. The van der Waals surface area contributed by atoms with Crippen LogP contribution in [0.15, 0.2) is 102 Å². The number of ether oxygens (including phenoxy) is 6. The fourth-order valence-corrected chi connectivity index (χ4v) is 10.5. The topological polar surface area (TPSA) is 210 Å². The van der Waals surface area contributed by atoms with Gasteiger partial charge in [-0.3, -0.25) is 19.2 Å². The monoisotopic (exact) mass is 867 g/mol. The number of esters is 4. The molecule has 4 aliphatic rings. The number of carbonyl (C=O) groups excluding carboxylic acids is 6. The smallest absolute Gasteiger partial charge is 0.338 e. The molecule has 63 heavy (non-hydrogen) atoms. The zero-order valence-corrected chi connectivity index (χ0v) is 36.2. The molecule has 3 aromatic rings. The van der Waals surface area contributed by atoms with Crippen LogP contribution in [-0.2, 0) is 47.6 Å². The van der Waals surface area contributed by atoms with Crippen LogP contribution in [0.4, 0.5) is 0 Å². The van der Waals surface area contributed by atoms with Gasteiger partial charge in [0.05, 0.1) is 35.6 Å². The van der Waals surface area contributed by atoms with Gasteiger partial charge in [-0.2, -0.15) is 0 Å². The first-order valence-corrected chi connectivity index (χ1v) is 20.9. The van der Waals surface area contributed by atoms with Crippen LogP contribution in [-0.4, -0.2) is 107 Å². The summed E-state index contributed by atoms with van der Waals surface area (Å²) in [5.74, 6) is -6.40. The van der Waals surface area contributed by atoms with E-state index in [1.807, 2.05) is 0 Å². The van der Waals surface area contributed by atoms with Crippen molar-refractivity contribution in [3.63, 3.8) is 0 Å². The van der Waals surface area contributed by atoms with E-state index in [0.717, 1.165) is 6.92 Å². The lowest BCUT2D eigenvalue weighted by Gasteiger charge is -2.67. The number of benzene rings is 3. The molecule has 0 spiro atoms. The molecule has 0 aromatic heterocycles. The number of Topliss-reactive ketones (excluding diaryl/α,β-unsaturated/α-hetero) is 1. The number of aliphatic hydroxyl groups excluding tert-OH is 1. The van der Waals surface area contributed by atoms with E-state index < -0.39 is 113 Å². The second kappa shape index (κ2) is 17.1. The molecule has 3 aromatic carbocycles. The molecule has 15 nitrogen and oxygen atoms in total. The van der Waals surface area contributed by atoms with E-state index in [1.54, 1.807) is 107 Å². The number of fused-ring (bicyclic) bond motifs is 5. The molecule has 2 saturated carbocycles. The summed E-state index contributed by atoms with van der Waals surface area (Å²) < 4.78 is 36.8. The van der Waals surface area contributed by atoms with E-state index in [2.05, 4.69) is 5.32 Å². The maximum absolute atomic E-state index is 15.7. The quantitative estimate of drug-likeness (QED) is 0.139. The Balaban J connectivity index is 1.40. The molecule has 15 heteroatoms. The predicted molar refractivity (Wildman–Crippen MR) is 222 cm³/mol. The van der Waals surface area contributed by atoms with Crippen molar-refractivity contribution in [3.8, 4) is 0 Å². The molecule has 3 N–H and O–H groups in total. The van der Waals surface area contributed by atoms with Gasteiger partial charge in [-0.15, -0.1) is 0 Å². The van der Waals surface area contributed by atoms with Gasteiger partial charge < -0.3 is 44.0 Å². The van der Waals surface area contributed by atoms with Gasteiger partial charge in [-0.1, -0.05) is 80.6 Å². The molecule has 1 heterocycles. The molecule has 7 rings (SSSR count). The molecule has 334 valence electrons. The zero-order chi connectivity index (χ0) is 45.6. The fraction of sp³-hybridized carbons (Fsp3) is 0.458. The molecule has 11 atom stereocenters. The number of hydrogen-bond acceptors (Lipinski definition) is 14. The van der Waals surface area contributed by atoms with Crippen LogP contribution in [0.25, 0.3) is 0 Å². The van der Waals surface area contributed by atoms with Crippen LogP contribution in [0.5, 0.6) is 0 Å². The van der Waals surface area contributed by atoms with E-state index in [-0.39, 0.29) is 35.3 Å². The van der Waals surface area contributed by atoms with Gasteiger partial charge in [0.2, 0.25) is 0 Å². The summed E-state index contributed by atoms with van der Waals surface area (Å²) >= 11 is 0. The number of nitrogens with one attached hydrogen (secondary N) is 1. The maximum Gasteiger partial charge on any atom is 0.338 e. The molecule has 3 fully saturated rings. The van der Waals surface area contributed by atoms with Crippen LogP contribution in [0.3, 0.4) is 0 Å². The van der Waals surface area contributed by atoms with E-state index in [9.17, 15) is 34.2 Å². The van der Waals surface area contributed by atoms with Crippen molar-refractivity contribution >= 4 is 35.6 Å². The number of carbonyl (C=O) groups is 6. The molecule has 3 aliphatic carbocycles. The number of methoxy groups -OCH3 is 1. The normalized spacial score (nSPS) is 31.5. The largest absolute Gasteiger partial charge is 0.456 e. The van der Waals surface area contributed by atoms with E-state index in [4.69, 9.17) is 28.4 Å². The van der Waals surface area contributed by atoms with Crippen LogP contribution in [0, 0.1) is 16.7 Å². The average molecular weight is 868 g/mol. The summed E-state index contributed by atoms with van der Waals surface area (Å²) in [6, 6.07) is 23.2. The predicted octanol–water partition coefficient (Wildman–Crippen LogP) is 4.39. The van der Waals surface area contributed by atoms with Crippen LogP contribution in [0.2, 0.25) is 0 Å². The molecule has 1 amide bonds. The summed E-state index contributed by atoms with van der Waals surface area (Å²) in [5, 5.41) is 28.4. The summed E-state index contributed by atoms with van der Waals surface area (Å²) in [7, 11) is 1.39. The van der Waals surface area contributed by atoms with Gasteiger partial charge in [-0.25, -0.2) is 9.59 Å². The summed E-state index contributed by atoms with van der Waals surface area (Å²) in [6.45, 7) is 8.39. The minimum Gasteiger partial charge on any atom is -0.456 e. The minimum absolute atomic E-state index is 0.0377. The molecular weight excluding hydrogens is 815 g/mol. The van der Waals surface area contributed by atoms with Gasteiger partial charge >= 0.3 is 23.9 Å². The molecular formula is C48H53NO14. The molecule has 1 aliphatic heterocycles. The summed E-state index contributed by atoms with van der Waals surface area (Å²) in [5.41, 5.74) is -6.45. The lowest BCUT2D eigenvalue weighted by atomic mass is 9.44. The highest BCUT2D eigenvalue weighted by Gasteiger charge is 2.78. The summed E-state index contributed by atoms with van der Waals surface area (Å²) in [4.78, 5) is 84.1. The Morgan fingerprint density at radius 2 is 1.41 bits per heavy atom. The standard InChI is InChI=1S/C48H53NO14/c1-26-32(61-44(56)37(52)36(29-17-11-8-12-18-29)49-42(54)30-19-13-9-14-20-30)24-48(57)41(62-43(55)31-21-15-10-16-22-31)39-46(6,40(53)38(60-27(2)50)35(26)45(48,4)5)33(58-7)23-34-47(39,25-59-34)63-28(3)51/h8-22,32-34,36-39,41,52,57H,23-25H2,1-7H3,(H,49,54)/t32-,33-,34+,36-,37+,38+,39?,41-,46+,47-,48+/m0/s1. The lowest BCUT2D eigenvalue weighted by molar-refractivity contribution is -0.347. The number of aliphatic hydroxyl groups is 2. The van der Waals surface area contributed by atoms with Crippen LogP contribution in [0.1, 0.15) is 86.7 Å². The highest BCUT2D eigenvalue weighted by atomic mass is 16.6. The van der Waals surface area contributed by atoms with E-state index in [1.165, 1.54) is 26.2 Å². The van der Waals surface area contributed by atoms with Crippen molar-refractivity contribution in [1.82, 2.24) is 5.32 Å². The SMILES string of the molecule is CO[C@H]1C[C@H]2OC[C@@]2(OC(C)=O)C2[C@H](OC(=O)c3ccccc3)[C@]3(O)C[C@H](OC(=O)[C@H](O)[C@@H](NC(=O)c4ccccc4)c4ccccc4)C(C)=C([C@@H](OC(C)=O)C(=O)[C@@]21C)C3(C)C. The highest BCUT2D eigenvalue weighted by molar-refractivity contribution is 5.96. The second-order valence-electron chi connectivity index (χ2n) is 17.6. The average Bonchev–Trinajstić information content (AvgIpc) is 3.25. The maximum atomic E-state index is 15.7. The van der Waals surface area contributed by atoms with Gasteiger partial charge in [0.25, 0.3) is 5.91 Å². The number of hydrogen-bond donors (Lipinski definition) is 3. The van der Waals surface area contributed by atoms with Crippen molar-refractivity contribution in [1.29, 1.82) is 0 Å². The molecule has 2 bridgehead atoms. The van der Waals surface area contributed by atoms with E-state index >= 15 is 4.79 Å². The van der Waals surface area contributed by atoms with Gasteiger partial charge in [0.15, 0.2) is 23.6 Å². The second-order valence-corrected chi connectivity index (χ2v) is 17.6. The number of ketones is 1. The Hall–Kier alpha value is -5.74. The Kier molecular flexibility index (Phi) is 12.3. The number of amides is 1. The van der Waals surface area contributed by atoms with Crippen LogP contribution >= 0.6 is 0 Å². The Morgan fingerprint density at radius 1 is 0.825 bits per heavy atom. The first-order valence-electron chi connectivity index (χ1n) is 20.9. The first kappa shape index (κ1) is 45.3. The third kappa shape index (κ3) is 7.64. The van der Waals surface area contributed by atoms with Gasteiger partial charge in [-0.05, 0) is 54.8 Å². The first-order chi connectivity index (χ1) is 29.8. The Bertz CT molecular complexity index is 2300. The zero-order valence-electron chi connectivity index (χ0n) is 36.2. The minimum atomic E-state index is -2.34. The molecule has 0 radical (unpaired) electrons. The molecule has 1 saturated heterocycles. The summed E-state index contributed by atoms with van der Waals surface area (Å²) in [6.07, 6.45) is -9.33. The fourth-order valence-electron chi connectivity index (χ4n) is 10.5. The van der Waals surface area contributed by atoms with Crippen molar-refractivity contribution in [3.05, 3.63) is 119 Å². The van der Waals surface area contributed by atoms with Crippen LogP contribution < -0.4 is 5.32 Å². The Morgan fingerprint density at radius 3 is 1.95 bits per heavy atom. The van der Waals surface area contributed by atoms with Crippen molar-refractivity contribution in [2.24, 2.45) is 16.7 Å². The van der Waals surface area contributed by atoms with Gasteiger partial charge in [0, 0.05) is 44.8 Å². The van der Waals surface area contributed by atoms with Crippen molar-refractivity contribution in [2.45, 2.75) is 108 Å². The van der Waals surface area contributed by atoms with E-state index in [0.29, 0.717) is 5.56 Å². The van der Waals surface area contributed by atoms with Crippen molar-refractivity contribution in [2.75, 3.05) is 13.7 Å². The Labute approximate surface area is 365 Å². The van der Waals surface area contributed by atoms with Crippen molar-refractivity contribution < 1.29 is 67.4 Å². The number of rotatable bonds is 11. The van der Waals surface area contributed by atoms with Gasteiger partial charge in [0.1, 0.15) is 23.9 Å². The third-order valence-corrected chi connectivity index (χ3v) is 13.7. The lowest BCUT2D eigenvalue weighted by Crippen LogP contribution is -2.82. The third-order valence-electron chi connectivity index (χ3n) is 13.7.